The Morgan fingerprint density at radius 3 is 2.50 bits per heavy atom. The summed E-state index contributed by atoms with van der Waals surface area (Å²) in [6.07, 6.45) is 5.73. The third-order valence-electron chi connectivity index (χ3n) is 6.14. The molecule has 0 saturated carbocycles. The predicted octanol–water partition coefficient (Wildman–Crippen LogP) is 7.61. The summed E-state index contributed by atoms with van der Waals surface area (Å²) in [5.41, 5.74) is 5.71. The van der Waals surface area contributed by atoms with Crippen LogP contribution >= 0.6 is 11.3 Å². The molecule has 0 fully saturated rings. The van der Waals surface area contributed by atoms with Gasteiger partial charge in [-0.05, 0) is 47.5 Å². The minimum atomic E-state index is 0.980. The first-order valence-electron chi connectivity index (χ1n) is 10.6. The van der Waals surface area contributed by atoms with Crippen molar-refractivity contribution in [1.82, 2.24) is 14.5 Å². The van der Waals surface area contributed by atoms with Gasteiger partial charge in [0.1, 0.15) is 5.65 Å². The molecule has 4 aromatic heterocycles. The van der Waals surface area contributed by atoms with Crippen molar-refractivity contribution in [3.05, 3.63) is 104 Å². The minimum absolute atomic E-state index is 0.980. The van der Waals surface area contributed by atoms with Gasteiger partial charge in [-0.3, -0.25) is 9.55 Å². The van der Waals surface area contributed by atoms with Crippen LogP contribution in [0.4, 0.5) is 0 Å². The van der Waals surface area contributed by atoms with Crippen LogP contribution in [0.25, 0.3) is 58.9 Å². The van der Waals surface area contributed by atoms with Gasteiger partial charge in [-0.15, -0.1) is 11.3 Å². The standard InChI is InChI=1S/C28H17N3S/c1-2-6-18(7-3-1)19-8-4-9-20(16-19)31-27-21(22-10-5-14-30-28(22)31)11-12-24-26(27)23-13-15-29-17-25(23)32-24/h1-17H. The summed E-state index contributed by atoms with van der Waals surface area (Å²) >= 11 is 1.79. The quantitative estimate of drug-likeness (QED) is 0.284. The lowest BCUT2D eigenvalue weighted by Crippen LogP contribution is -1.96. The van der Waals surface area contributed by atoms with Crippen LogP contribution in [-0.4, -0.2) is 14.5 Å². The van der Waals surface area contributed by atoms with Gasteiger partial charge in [-0.1, -0.05) is 48.5 Å². The molecule has 0 saturated heterocycles. The number of hydrogen-bond acceptors (Lipinski definition) is 3. The summed E-state index contributed by atoms with van der Waals surface area (Å²) in [5, 5.41) is 4.91. The van der Waals surface area contributed by atoms with E-state index in [1.54, 1.807) is 11.3 Å². The molecule has 0 unspecified atom stereocenters. The van der Waals surface area contributed by atoms with E-state index in [2.05, 4.69) is 88.4 Å². The summed E-state index contributed by atoms with van der Waals surface area (Å²) < 4.78 is 4.80. The average Bonchev–Trinajstić information content (AvgIpc) is 3.40. The van der Waals surface area contributed by atoms with E-state index in [0.717, 1.165) is 11.3 Å². The number of pyridine rings is 2. The second-order valence-electron chi connectivity index (χ2n) is 7.94. The Hall–Kier alpha value is -4.02. The molecular weight excluding hydrogens is 410 g/mol. The fourth-order valence-corrected chi connectivity index (χ4v) is 5.83. The Kier molecular flexibility index (Phi) is 3.72. The van der Waals surface area contributed by atoms with Crippen molar-refractivity contribution in [2.24, 2.45) is 0 Å². The molecular formula is C28H17N3S. The lowest BCUT2D eigenvalue weighted by Gasteiger charge is -2.10. The molecule has 7 rings (SSSR count). The number of fused-ring (bicyclic) bond motifs is 7. The summed E-state index contributed by atoms with van der Waals surface area (Å²) in [5.74, 6) is 0. The Balaban J connectivity index is 1.65. The summed E-state index contributed by atoms with van der Waals surface area (Å²) in [7, 11) is 0. The van der Waals surface area contributed by atoms with Gasteiger partial charge in [0.2, 0.25) is 0 Å². The van der Waals surface area contributed by atoms with Crippen LogP contribution in [0.15, 0.2) is 104 Å². The average molecular weight is 428 g/mol. The fourth-order valence-electron chi connectivity index (χ4n) is 4.75. The van der Waals surface area contributed by atoms with E-state index in [4.69, 9.17) is 4.98 Å². The van der Waals surface area contributed by atoms with E-state index < -0.39 is 0 Å². The van der Waals surface area contributed by atoms with Gasteiger partial charge in [0.25, 0.3) is 0 Å². The first-order valence-corrected chi connectivity index (χ1v) is 11.4. The maximum atomic E-state index is 4.82. The van der Waals surface area contributed by atoms with Crippen molar-refractivity contribution in [3.8, 4) is 16.8 Å². The maximum absolute atomic E-state index is 4.82. The van der Waals surface area contributed by atoms with Gasteiger partial charge in [0.15, 0.2) is 0 Å². The predicted molar refractivity (Wildman–Crippen MR) is 135 cm³/mol. The monoisotopic (exact) mass is 427 g/mol. The smallest absolute Gasteiger partial charge is 0.145 e. The molecule has 0 aliphatic heterocycles. The molecule has 0 aliphatic rings. The van der Waals surface area contributed by atoms with Gasteiger partial charge < -0.3 is 0 Å². The third kappa shape index (κ3) is 2.47. The van der Waals surface area contributed by atoms with Crippen LogP contribution in [0.1, 0.15) is 0 Å². The lowest BCUT2D eigenvalue weighted by atomic mass is 10.1. The molecule has 0 amide bonds. The maximum Gasteiger partial charge on any atom is 0.145 e. The van der Waals surface area contributed by atoms with Gasteiger partial charge in [0.05, 0.1) is 10.2 Å². The Morgan fingerprint density at radius 1 is 0.656 bits per heavy atom. The largest absolute Gasteiger partial charge is 0.293 e. The van der Waals surface area contributed by atoms with E-state index in [1.807, 2.05) is 24.7 Å². The van der Waals surface area contributed by atoms with Crippen molar-refractivity contribution in [1.29, 1.82) is 0 Å². The normalized spacial score (nSPS) is 11.8. The zero-order chi connectivity index (χ0) is 21.1. The molecule has 4 heteroatoms. The summed E-state index contributed by atoms with van der Waals surface area (Å²) in [6, 6.07) is 30.1. The number of nitrogens with zero attached hydrogens (tertiary/aromatic N) is 3. The number of benzene rings is 3. The summed E-state index contributed by atoms with van der Waals surface area (Å²) in [6.45, 7) is 0. The highest BCUT2D eigenvalue weighted by molar-refractivity contribution is 7.26. The second-order valence-corrected chi connectivity index (χ2v) is 9.02. The van der Waals surface area contributed by atoms with Crippen LogP contribution in [0.5, 0.6) is 0 Å². The molecule has 0 radical (unpaired) electrons. The first-order chi connectivity index (χ1) is 15.9. The van der Waals surface area contributed by atoms with Crippen LogP contribution < -0.4 is 0 Å². The molecule has 0 bridgehead atoms. The van der Waals surface area contributed by atoms with E-state index >= 15 is 0 Å². The molecule has 0 spiro atoms. The Bertz CT molecular complexity index is 1780. The van der Waals surface area contributed by atoms with Crippen LogP contribution in [-0.2, 0) is 0 Å². The molecule has 32 heavy (non-hydrogen) atoms. The lowest BCUT2D eigenvalue weighted by molar-refractivity contribution is 1.14. The van der Waals surface area contributed by atoms with Crippen LogP contribution in [0, 0.1) is 0 Å². The van der Waals surface area contributed by atoms with E-state index in [1.165, 1.54) is 47.6 Å². The second kappa shape index (κ2) is 6.74. The minimum Gasteiger partial charge on any atom is -0.293 e. The fraction of sp³-hybridized carbons (Fsp3) is 0. The molecule has 150 valence electrons. The Morgan fingerprint density at radius 2 is 1.56 bits per heavy atom. The van der Waals surface area contributed by atoms with E-state index in [0.29, 0.717) is 0 Å². The zero-order valence-corrected chi connectivity index (χ0v) is 17.9. The molecule has 0 aliphatic carbocycles. The van der Waals surface area contributed by atoms with Crippen molar-refractivity contribution >= 4 is 53.4 Å². The molecule has 3 aromatic carbocycles. The summed E-state index contributed by atoms with van der Waals surface area (Å²) in [4.78, 5) is 9.17. The van der Waals surface area contributed by atoms with Crippen LogP contribution in [0.2, 0.25) is 0 Å². The SMILES string of the molecule is c1ccc(-c2cccc(-n3c4ncccc4c4ccc5sc6cnccc6c5c43)c2)cc1. The molecule has 0 N–H and O–H groups in total. The molecule has 7 aromatic rings. The molecule has 3 nitrogen and oxygen atoms in total. The topological polar surface area (TPSA) is 30.7 Å². The van der Waals surface area contributed by atoms with Crippen molar-refractivity contribution < 1.29 is 0 Å². The highest BCUT2D eigenvalue weighted by Crippen LogP contribution is 2.42. The van der Waals surface area contributed by atoms with Gasteiger partial charge in [0, 0.05) is 50.5 Å². The van der Waals surface area contributed by atoms with Crippen molar-refractivity contribution in [2.75, 3.05) is 0 Å². The van der Waals surface area contributed by atoms with Gasteiger partial charge >= 0.3 is 0 Å². The molecule has 4 heterocycles. The zero-order valence-electron chi connectivity index (χ0n) is 17.1. The van der Waals surface area contributed by atoms with Crippen LogP contribution in [0.3, 0.4) is 0 Å². The number of aromatic nitrogens is 3. The van der Waals surface area contributed by atoms with Crippen molar-refractivity contribution in [2.45, 2.75) is 0 Å². The highest BCUT2D eigenvalue weighted by Gasteiger charge is 2.18. The highest BCUT2D eigenvalue weighted by atomic mass is 32.1. The van der Waals surface area contributed by atoms with E-state index in [-0.39, 0.29) is 0 Å². The third-order valence-corrected chi connectivity index (χ3v) is 7.24. The van der Waals surface area contributed by atoms with Crippen molar-refractivity contribution in [3.63, 3.8) is 0 Å². The Labute approximate surface area is 188 Å². The van der Waals surface area contributed by atoms with E-state index in [9.17, 15) is 0 Å². The number of thiophene rings is 1. The number of hydrogen-bond donors (Lipinski definition) is 0. The van der Waals surface area contributed by atoms with Gasteiger partial charge in [-0.2, -0.15) is 0 Å². The first kappa shape index (κ1) is 17.6. The molecule has 0 atom stereocenters. The van der Waals surface area contributed by atoms with Gasteiger partial charge in [-0.25, -0.2) is 4.98 Å². The number of rotatable bonds is 2.